The normalized spacial score (nSPS) is 15.2. The van der Waals surface area contributed by atoms with Crippen molar-refractivity contribution in [2.24, 2.45) is 0 Å². The van der Waals surface area contributed by atoms with Gasteiger partial charge < -0.3 is 15.2 Å². The molecule has 1 amide bonds. The van der Waals surface area contributed by atoms with Gasteiger partial charge in [-0.05, 0) is 26.0 Å². The molecule has 2 N–H and O–H groups in total. The van der Waals surface area contributed by atoms with Crippen LogP contribution in [0.25, 0.3) is 0 Å². The monoisotopic (exact) mass is 321 g/mol. The van der Waals surface area contributed by atoms with Crippen molar-refractivity contribution in [1.29, 1.82) is 0 Å². The van der Waals surface area contributed by atoms with Crippen LogP contribution in [0, 0.1) is 6.92 Å². The first-order chi connectivity index (χ1) is 11.0. The maximum absolute atomic E-state index is 12.9. The van der Waals surface area contributed by atoms with Gasteiger partial charge in [0.15, 0.2) is 0 Å². The molecule has 1 aromatic carbocycles. The molecule has 1 heterocycles. The molecule has 1 aliphatic heterocycles. The second-order valence-corrected chi connectivity index (χ2v) is 5.32. The third-order valence-corrected chi connectivity index (χ3v) is 3.59. The Morgan fingerprint density at radius 1 is 1.35 bits per heavy atom. The van der Waals surface area contributed by atoms with Crippen molar-refractivity contribution in [3.8, 4) is 0 Å². The van der Waals surface area contributed by atoms with E-state index in [1.165, 1.54) is 5.01 Å². The lowest BCUT2D eigenvalue weighted by atomic mass is 10.1. The summed E-state index contributed by atoms with van der Waals surface area (Å²) in [5.74, 6) is -0.750. The Morgan fingerprint density at radius 2 is 2.04 bits per heavy atom. The van der Waals surface area contributed by atoms with Crippen molar-refractivity contribution in [3.05, 3.63) is 29.3 Å². The lowest BCUT2D eigenvalue weighted by Gasteiger charge is -2.36. The molecule has 0 radical (unpaired) electrons. The van der Waals surface area contributed by atoms with Crippen molar-refractivity contribution in [3.63, 3.8) is 0 Å². The lowest BCUT2D eigenvalue weighted by Crippen LogP contribution is -2.53. The largest absolute Gasteiger partial charge is 0.465 e. The topological polar surface area (TPSA) is 85.1 Å². The molecule has 1 saturated heterocycles. The number of carbonyl (C=O) groups is 2. The molecule has 0 atom stereocenters. The number of hydrazine groups is 1. The van der Waals surface area contributed by atoms with E-state index >= 15 is 0 Å². The molecule has 1 aliphatic rings. The van der Waals surface area contributed by atoms with Gasteiger partial charge in [-0.1, -0.05) is 11.6 Å². The van der Waals surface area contributed by atoms with Crippen LogP contribution >= 0.6 is 0 Å². The van der Waals surface area contributed by atoms with Gasteiger partial charge in [-0.2, -0.15) is 0 Å². The van der Waals surface area contributed by atoms with Gasteiger partial charge in [0.2, 0.25) is 0 Å². The first-order valence-electron chi connectivity index (χ1n) is 7.69. The number of morpholine rings is 1. The second kappa shape index (κ2) is 7.94. The van der Waals surface area contributed by atoms with Crippen molar-refractivity contribution >= 4 is 17.6 Å². The molecular formula is C16H23N3O4. The van der Waals surface area contributed by atoms with Crippen LogP contribution in [0.4, 0.5) is 5.69 Å². The number of hydrogen-bond acceptors (Lipinski definition) is 6. The Labute approximate surface area is 135 Å². The van der Waals surface area contributed by atoms with Crippen LogP contribution in [0.5, 0.6) is 0 Å². The number of anilines is 1. The summed E-state index contributed by atoms with van der Waals surface area (Å²) in [5, 5.41) is 3.22. The fraction of sp³-hybridized carbons (Fsp3) is 0.500. The van der Waals surface area contributed by atoms with Gasteiger partial charge in [0.25, 0.3) is 5.91 Å². The smallest absolute Gasteiger partial charge is 0.327 e. The molecule has 1 fully saturated rings. The van der Waals surface area contributed by atoms with Crippen LogP contribution in [0.15, 0.2) is 18.2 Å². The SMILES string of the molecule is CCOC(=O)CN(C(=O)c1cc(C)ccc1N)N1CCOCC1. The minimum Gasteiger partial charge on any atom is -0.465 e. The standard InChI is InChI=1S/C16H23N3O4/c1-3-23-15(20)11-19(18-6-8-22-9-7-18)16(21)13-10-12(2)4-5-14(13)17/h4-5,10H,3,6-9,11,17H2,1-2H3. The number of nitrogens with two attached hydrogens (primary N) is 1. The summed E-state index contributed by atoms with van der Waals surface area (Å²) in [4.78, 5) is 24.8. The van der Waals surface area contributed by atoms with Crippen molar-refractivity contribution in [2.45, 2.75) is 13.8 Å². The van der Waals surface area contributed by atoms with Crippen LogP contribution < -0.4 is 5.73 Å². The van der Waals surface area contributed by atoms with E-state index in [0.29, 0.717) is 37.6 Å². The molecule has 0 spiro atoms. The molecule has 0 bridgehead atoms. The highest BCUT2D eigenvalue weighted by Gasteiger charge is 2.28. The van der Waals surface area contributed by atoms with Crippen LogP contribution in [0.2, 0.25) is 0 Å². The maximum Gasteiger partial charge on any atom is 0.327 e. The van der Waals surface area contributed by atoms with Gasteiger partial charge in [0.1, 0.15) is 6.54 Å². The highest BCUT2D eigenvalue weighted by molar-refractivity contribution is 6.00. The number of esters is 1. The van der Waals surface area contributed by atoms with E-state index in [9.17, 15) is 9.59 Å². The van der Waals surface area contributed by atoms with Crippen molar-refractivity contribution < 1.29 is 19.1 Å². The fourth-order valence-corrected chi connectivity index (χ4v) is 2.42. The fourth-order valence-electron chi connectivity index (χ4n) is 2.42. The van der Waals surface area contributed by atoms with Gasteiger partial charge in [-0.15, -0.1) is 0 Å². The quantitative estimate of drug-likeness (QED) is 0.639. The van der Waals surface area contributed by atoms with E-state index in [1.807, 2.05) is 18.0 Å². The summed E-state index contributed by atoms with van der Waals surface area (Å²) in [6.07, 6.45) is 0. The Kier molecular flexibility index (Phi) is 5.95. The summed E-state index contributed by atoms with van der Waals surface area (Å²) in [7, 11) is 0. The predicted octanol–water partition coefficient (Wildman–Crippen LogP) is 0.830. The van der Waals surface area contributed by atoms with Crippen LogP contribution in [0.1, 0.15) is 22.8 Å². The number of rotatable bonds is 5. The molecule has 0 aromatic heterocycles. The molecule has 1 aromatic rings. The van der Waals surface area contributed by atoms with Crippen LogP contribution in [-0.4, -0.2) is 61.3 Å². The van der Waals surface area contributed by atoms with Crippen molar-refractivity contribution in [2.75, 3.05) is 45.2 Å². The molecule has 126 valence electrons. The number of benzene rings is 1. The minimum absolute atomic E-state index is 0.139. The highest BCUT2D eigenvalue weighted by atomic mass is 16.5. The lowest BCUT2D eigenvalue weighted by molar-refractivity contribution is -0.150. The number of nitrogen functional groups attached to an aromatic ring is 1. The minimum atomic E-state index is -0.446. The van der Waals surface area contributed by atoms with Gasteiger partial charge in [0.05, 0.1) is 25.4 Å². The zero-order valence-corrected chi connectivity index (χ0v) is 13.6. The van der Waals surface area contributed by atoms with E-state index in [0.717, 1.165) is 5.56 Å². The number of aryl methyl sites for hydroxylation is 1. The van der Waals surface area contributed by atoms with E-state index in [2.05, 4.69) is 0 Å². The van der Waals surface area contributed by atoms with Gasteiger partial charge in [0, 0.05) is 18.8 Å². The molecule has 0 unspecified atom stereocenters. The molecule has 7 heteroatoms. The Hall–Kier alpha value is -2.12. The Bertz CT molecular complexity index is 570. The van der Waals surface area contributed by atoms with Crippen LogP contribution in [-0.2, 0) is 14.3 Å². The Balaban J connectivity index is 2.25. The molecule has 0 saturated carbocycles. The molecule has 7 nitrogen and oxygen atoms in total. The maximum atomic E-state index is 12.9. The van der Waals surface area contributed by atoms with Gasteiger partial charge >= 0.3 is 5.97 Å². The molecule has 23 heavy (non-hydrogen) atoms. The summed E-state index contributed by atoms with van der Waals surface area (Å²) in [6, 6.07) is 5.28. The second-order valence-electron chi connectivity index (χ2n) is 5.32. The molecule has 0 aliphatic carbocycles. The summed E-state index contributed by atoms with van der Waals surface area (Å²) < 4.78 is 10.3. The van der Waals surface area contributed by atoms with E-state index < -0.39 is 5.97 Å². The average molecular weight is 321 g/mol. The average Bonchev–Trinajstić information content (AvgIpc) is 2.55. The highest BCUT2D eigenvalue weighted by Crippen LogP contribution is 2.18. The zero-order valence-electron chi connectivity index (χ0n) is 13.6. The van der Waals surface area contributed by atoms with Gasteiger partial charge in [-0.25, -0.2) is 5.01 Å². The third-order valence-electron chi connectivity index (χ3n) is 3.59. The molecule has 2 rings (SSSR count). The summed E-state index contributed by atoms with van der Waals surface area (Å²) >= 11 is 0. The molecular weight excluding hydrogens is 298 g/mol. The van der Waals surface area contributed by atoms with Crippen LogP contribution in [0.3, 0.4) is 0 Å². The van der Waals surface area contributed by atoms with E-state index in [1.54, 1.807) is 19.1 Å². The number of hydrogen-bond donors (Lipinski definition) is 1. The number of nitrogens with zero attached hydrogens (tertiary/aromatic N) is 2. The van der Waals surface area contributed by atoms with E-state index in [4.69, 9.17) is 15.2 Å². The Morgan fingerprint density at radius 3 is 2.70 bits per heavy atom. The van der Waals surface area contributed by atoms with Gasteiger partial charge in [-0.3, -0.25) is 14.6 Å². The third kappa shape index (κ3) is 4.43. The zero-order chi connectivity index (χ0) is 16.8. The number of amides is 1. The first kappa shape index (κ1) is 17.2. The van der Waals surface area contributed by atoms with E-state index in [-0.39, 0.29) is 19.1 Å². The number of ether oxygens (including phenoxy) is 2. The van der Waals surface area contributed by atoms with Crippen molar-refractivity contribution in [1.82, 2.24) is 10.0 Å². The predicted molar refractivity (Wildman–Crippen MR) is 85.7 cm³/mol. The first-order valence-corrected chi connectivity index (χ1v) is 7.69. The summed E-state index contributed by atoms with van der Waals surface area (Å²) in [5.41, 5.74) is 7.65. The summed E-state index contributed by atoms with van der Waals surface area (Å²) in [6.45, 7) is 5.86. The number of carbonyl (C=O) groups excluding carboxylic acids is 2.